The van der Waals surface area contributed by atoms with Gasteiger partial charge in [-0.25, -0.2) is 14.8 Å². The molecule has 0 aliphatic rings. The topological polar surface area (TPSA) is 72.9 Å². The Morgan fingerprint density at radius 3 is 2.76 bits per heavy atom. The Balaban J connectivity index is 2.16. The maximum absolute atomic E-state index is 11.2. The number of aryl methyl sites for hydroxylation is 2. The number of carbonyl (C=O) groups is 1. The zero-order valence-corrected chi connectivity index (χ0v) is 11.9. The van der Waals surface area contributed by atoms with Gasteiger partial charge in [-0.3, -0.25) is 0 Å². The third kappa shape index (κ3) is 2.29. The van der Waals surface area contributed by atoms with Crippen LogP contribution in [0.3, 0.4) is 0 Å². The van der Waals surface area contributed by atoms with Crippen LogP contribution in [0, 0.1) is 0 Å². The zero-order valence-electron chi connectivity index (χ0n) is 11.9. The van der Waals surface area contributed by atoms with E-state index >= 15 is 0 Å². The molecule has 108 valence electrons. The van der Waals surface area contributed by atoms with Gasteiger partial charge in [0.1, 0.15) is 11.6 Å². The number of hydrogen-bond acceptors (Lipinski definition) is 3. The fraction of sp³-hybridized carbons (Fsp3) is 0.267. The summed E-state index contributed by atoms with van der Waals surface area (Å²) in [7, 11) is 1.94. The monoisotopic (exact) mass is 284 g/mol. The fourth-order valence-electron chi connectivity index (χ4n) is 2.44. The van der Waals surface area contributed by atoms with Crippen molar-refractivity contribution in [3.63, 3.8) is 0 Å². The minimum atomic E-state index is -0.931. The Morgan fingerprint density at radius 1 is 1.33 bits per heavy atom. The summed E-state index contributed by atoms with van der Waals surface area (Å²) in [4.78, 5) is 20.1. The molecule has 3 rings (SSSR count). The highest BCUT2D eigenvalue weighted by Crippen LogP contribution is 2.20. The Morgan fingerprint density at radius 2 is 2.14 bits per heavy atom. The molecule has 0 spiro atoms. The fourth-order valence-corrected chi connectivity index (χ4v) is 2.44. The number of fused-ring (bicyclic) bond motifs is 1. The van der Waals surface area contributed by atoms with Crippen LogP contribution in [-0.2, 0) is 20.0 Å². The van der Waals surface area contributed by atoms with Gasteiger partial charge < -0.3 is 14.2 Å². The molecule has 0 aliphatic carbocycles. The molecule has 0 atom stereocenters. The van der Waals surface area contributed by atoms with Gasteiger partial charge in [-0.1, -0.05) is 6.92 Å². The van der Waals surface area contributed by atoms with E-state index in [-0.39, 0.29) is 5.56 Å². The molecule has 0 radical (unpaired) electrons. The van der Waals surface area contributed by atoms with Crippen LogP contribution in [0.1, 0.15) is 28.9 Å². The second kappa shape index (κ2) is 5.05. The molecule has 0 bridgehead atoms. The average Bonchev–Trinajstić information content (AvgIpc) is 3.03. The van der Waals surface area contributed by atoms with Crippen LogP contribution in [0.5, 0.6) is 0 Å². The molecule has 0 unspecified atom stereocenters. The summed E-state index contributed by atoms with van der Waals surface area (Å²) < 4.78 is 3.98. The van der Waals surface area contributed by atoms with E-state index in [1.54, 1.807) is 24.4 Å². The summed E-state index contributed by atoms with van der Waals surface area (Å²) in [6, 6.07) is 5.02. The first-order valence-electron chi connectivity index (χ1n) is 6.78. The molecule has 0 saturated carbocycles. The van der Waals surface area contributed by atoms with Crippen molar-refractivity contribution in [3.8, 4) is 0 Å². The van der Waals surface area contributed by atoms with Gasteiger partial charge in [0.15, 0.2) is 0 Å². The minimum Gasteiger partial charge on any atom is -0.478 e. The van der Waals surface area contributed by atoms with Crippen molar-refractivity contribution < 1.29 is 9.90 Å². The van der Waals surface area contributed by atoms with Crippen LogP contribution in [0.2, 0.25) is 0 Å². The molecular formula is C15H16N4O2. The van der Waals surface area contributed by atoms with Crippen molar-refractivity contribution in [3.05, 3.63) is 47.8 Å². The van der Waals surface area contributed by atoms with Crippen molar-refractivity contribution in [2.24, 2.45) is 7.05 Å². The number of rotatable bonds is 4. The summed E-state index contributed by atoms with van der Waals surface area (Å²) in [5, 5.41) is 9.15. The molecule has 1 aromatic carbocycles. The van der Waals surface area contributed by atoms with E-state index in [1.807, 2.05) is 29.3 Å². The van der Waals surface area contributed by atoms with Gasteiger partial charge in [0, 0.05) is 25.9 Å². The number of carboxylic acids is 1. The van der Waals surface area contributed by atoms with E-state index in [0.717, 1.165) is 29.1 Å². The average molecular weight is 284 g/mol. The molecule has 0 amide bonds. The van der Waals surface area contributed by atoms with E-state index in [1.165, 1.54) is 0 Å². The lowest BCUT2D eigenvalue weighted by atomic mass is 10.2. The van der Waals surface area contributed by atoms with Crippen LogP contribution in [0.25, 0.3) is 11.0 Å². The molecule has 0 aliphatic heterocycles. The Kier molecular flexibility index (Phi) is 3.21. The van der Waals surface area contributed by atoms with Gasteiger partial charge in [0.25, 0.3) is 0 Å². The van der Waals surface area contributed by atoms with Crippen molar-refractivity contribution in [1.29, 1.82) is 0 Å². The smallest absolute Gasteiger partial charge is 0.335 e. The highest BCUT2D eigenvalue weighted by Gasteiger charge is 2.14. The number of imidazole rings is 2. The summed E-state index contributed by atoms with van der Waals surface area (Å²) in [5.41, 5.74) is 1.91. The van der Waals surface area contributed by atoms with E-state index in [9.17, 15) is 4.79 Å². The van der Waals surface area contributed by atoms with Crippen LogP contribution in [0.15, 0.2) is 30.6 Å². The van der Waals surface area contributed by atoms with Gasteiger partial charge in [-0.15, -0.1) is 0 Å². The van der Waals surface area contributed by atoms with Gasteiger partial charge in [-0.05, 0) is 18.2 Å². The quantitative estimate of drug-likeness (QED) is 0.796. The molecule has 3 aromatic rings. The molecule has 6 nitrogen and oxygen atoms in total. The summed E-state index contributed by atoms with van der Waals surface area (Å²) in [5.74, 6) is 0.903. The SMILES string of the molecule is CCc1nc2ccc(C(=O)O)cc2n1Cc1nccn1C. The largest absolute Gasteiger partial charge is 0.478 e. The van der Waals surface area contributed by atoms with E-state index in [0.29, 0.717) is 6.54 Å². The van der Waals surface area contributed by atoms with Gasteiger partial charge >= 0.3 is 5.97 Å². The lowest BCUT2D eigenvalue weighted by molar-refractivity contribution is 0.0697. The van der Waals surface area contributed by atoms with Crippen molar-refractivity contribution in [2.45, 2.75) is 19.9 Å². The maximum atomic E-state index is 11.2. The standard InChI is InChI=1S/C15H16N4O2/c1-3-13-17-11-5-4-10(15(20)21)8-12(11)19(13)9-14-16-6-7-18(14)2/h4-8H,3,9H2,1-2H3,(H,20,21). The summed E-state index contributed by atoms with van der Waals surface area (Å²) in [6.07, 6.45) is 4.42. The van der Waals surface area contributed by atoms with Crippen LogP contribution in [-0.4, -0.2) is 30.2 Å². The number of benzene rings is 1. The predicted molar refractivity (Wildman–Crippen MR) is 78.4 cm³/mol. The summed E-state index contributed by atoms with van der Waals surface area (Å²) >= 11 is 0. The lowest BCUT2D eigenvalue weighted by Gasteiger charge is -2.08. The van der Waals surface area contributed by atoms with E-state index < -0.39 is 5.97 Å². The highest BCUT2D eigenvalue weighted by molar-refractivity contribution is 5.92. The minimum absolute atomic E-state index is 0.270. The van der Waals surface area contributed by atoms with Crippen molar-refractivity contribution in [2.75, 3.05) is 0 Å². The zero-order chi connectivity index (χ0) is 15.0. The van der Waals surface area contributed by atoms with Crippen LogP contribution < -0.4 is 0 Å². The molecule has 2 heterocycles. The molecular weight excluding hydrogens is 268 g/mol. The van der Waals surface area contributed by atoms with Crippen LogP contribution >= 0.6 is 0 Å². The molecule has 0 fully saturated rings. The Labute approximate surface area is 121 Å². The van der Waals surface area contributed by atoms with Gasteiger partial charge in [0.05, 0.1) is 23.1 Å². The molecule has 21 heavy (non-hydrogen) atoms. The van der Waals surface area contributed by atoms with Crippen LogP contribution in [0.4, 0.5) is 0 Å². The third-order valence-corrected chi connectivity index (χ3v) is 3.61. The molecule has 1 N–H and O–H groups in total. The van der Waals surface area contributed by atoms with Crippen molar-refractivity contribution in [1.82, 2.24) is 19.1 Å². The summed E-state index contributed by atoms with van der Waals surface area (Å²) in [6.45, 7) is 2.61. The maximum Gasteiger partial charge on any atom is 0.335 e. The number of hydrogen-bond donors (Lipinski definition) is 1. The number of carboxylic acid groups (broad SMARTS) is 1. The first-order chi connectivity index (χ1) is 10.1. The number of aromatic nitrogens is 4. The molecule has 2 aromatic heterocycles. The van der Waals surface area contributed by atoms with Gasteiger partial charge in [-0.2, -0.15) is 0 Å². The third-order valence-electron chi connectivity index (χ3n) is 3.61. The number of nitrogens with zero attached hydrogens (tertiary/aromatic N) is 4. The highest BCUT2D eigenvalue weighted by atomic mass is 16.4. The molecule has 0 saturated heterocycles. The lowest BCUT2D eigenvalue weighted by Crippen LogP contribution is -2.09. The molecule has 6 heteroatoms. The van der Waals surface area contributed by atoms with Gasteiger partial charge in [0.2, 0.25) is 0 Å². The Bertz CT molecular complexity index is 816. The normalized spacial score (nSPS) is 11.1. The predicted octanol–water partition coefficient (Wildman–Crippen LogP) is 2.08. The Hall–Kier alpha value is -2.63. The number of aromatic carboxylic acids is 1. The van der Waals surface area contributed by atoms with E-state index in [4.69, 9.17) is 5.11 Å². The second-order valence-electron chi connectivity index (χ2n) is 4.93. The van der Waals surface area contributed by atoms with E-state index in [2.05, 4.69) is 9.97 Å². The first kappa shape index (κ1) is 13.4. The first-order valence-corrected chi connectivity index (χ1v) is 6.78. The van der Waals surface area contributed by atoms with Crippen molar-refractivity contribution >= 4 is 17.0 Å². The second-order valence-corrected chi connectivity index (χ2v) is 4.93.